The minimum atomic E-state index is -0.638. The average molecular weight is 298 g/mol. The molecule has 0 unspecified atom stereocenters. The van der Waals surface area contributed by atoms with Crippen LogP contribution in [0.2, 0.25) is 0 Å². The number of rotatable bonds is 1. The maximum atomic E-state index is 11.5. The van der Waals surface area contributed by atoms with Crippen molar-refractivity contribution in [3.05, 3.63) is 22.2 Å². The van der Waals surface area contributed by atoms with Crippen molar-refractivity contribution in [2.75, 3.05) is 16.8 Å². The summed E-state index contributed by atoms with van der Waals surface area (Å²) < 4.78 is 0.852. The Bertz CT molecular complexity index is 502. The molecule has 0 saturated heterocycles. The lowest BCUT2D eigenvalue weighted by atomic mass is 10.1. The molecule has 3 N–H and O–H groups in total. The van der Waals surface area contributed by atoms with E-state index >= 15 is 0 Å². The van der Waals surface area contributed by atoms with Crippen molar-refractivity contribution < 1.29 is 9.59 Å². The van der Waals surface area contributed by atoms with Crippen molar-refractivity contribution in [3.63, 3.8) is 0 Å². The van der Waals surface area contributed by atoms with E-state index < -0.39 is 6.03 Å². The van der Waals surface area contributed by atoms with Crippen molar-refractivity contribution >= 4 is 39.2 Å². The highest BCUT2D eigenvalue weighted by Gasteiger charge is 2.26. The van der Waals surface area contributed by atoms with Gasteiger partial charge in [-0.25, -0.2) is 4.79 Å². The third-order valence-corrected chi connectivity index (χ3v) is 3.12. The third kappa shape index (κ3) is 2.26. The maximum absolute atomic E-state index is 11.5. The SMILES string of the molecule is CC(=O)N1CCc2cc(Br)cc(NC(N)=O)c21. The standard InChI is InChI=1S/C11H12BrN3O2/c1-6(16)15-3-2-7-4-8(12)5-9(10(7)15)14-11(13)17/h4-5H,2-3H2,1H3,(H3,13,14,17). The summed E-state index contributed by atoms with van der Waals surface area (Å²) in [6.07, 6.45) is 0.780. The van der Waals surface area contributed by atoms with Crippen LogP contribution in [-0.2, 0) is 11.2 Å². The van der Waals surface area contributed by atoms with Crippen LogP contribution in [0.1, 0.15) is 12.5 Å². The zero-order valence-corrected chi connectivity index (χ0v) is 10.9. The highest BCUT2D eigenvalue weighted by molar-refractivity contribution is 9.10. The van der Waals surface area contributed by atoms with E-state index in [0.717, 1.165) is 22.1 Å². The molecular weight excluding hydrogens is 286 g/mol. The molecule has 0 aromatic heterocycles. The zero-order chi connectivity index (χ0) is 12.6. The summed E-state index contributed by atoms with van der Waals surface area (Å²) >= 11 is 3.37. The Morgan fingerprint density at radius 2 is 2.18 bits per heavy atom. The van der Waals surface area contributed by atoms with Crippen LogP contribution in [0.4, 0.5) is 16.2 Å². The van der Waals surface area contributed by atoms with Gasteiger partial charge in [0.2, 0.25) is 5.91 Å². The molecule has 0 radical (unpaired) electrons. The van der Waals surface area contributed by atoms with Crippen LogP contribution in [0.15, 0.2) is 16.6 Å². The van der Waals surface area contributed by atoms with Crippen LogP contribution < -0.4 is 16.0 Å². The number of nitrogens with one attached hydrogen (secondary N) is 1. The average Bonchev–Trinajstić information content (AvgIpc) is 2.59. The van der Waals surface area contributed by atoms with Gasteiger partial charge in [0.1, 0.15) is 0 Å². The van der Waals surface area contributed by atoms with Crippen LogP contribution in [0, 0.1) is 0 Å². The van der Waals surface area contributed by atoms with E-state index in [9.17, 15) is 9.59 Å². The summed E-state index contributed by atoms with van der Waals surface area (Å²) in [5, 5.41) is 2.55. The topological polar surface area (TPSA) is 75.4 Å². The first-order chi connectivity index (χ1) is 7.99. The quantitative estimate of drug-likeness (QED) is 0.830. The predicted molar refractivity (Wildman–Crippen MR) is 69.1 cm³/mol. The van der Waals surface area contributed by atoms with Crippen LogP contribution >= 0.6 is 15.9 Å². The van der Waals surface area contributed by atoms with Gasteiger partial charge in [0.15, 0.2) is 0 Å². The highest BCUT2D eigenvalue weighted by atomic mass is 79.9. The number of hydrogen-bond donors (Lipinski definition) is 2. The second-order valence-electron chi connectivity index (χ2n) is 3.87. The van der Waals surface area contributed by atoms with Gasteiger partial charge < -0.3 is 16.0 Å². The highest BCUT2D eigenvalue weighted by Crippen LogP contribution is 2.38. The molecule has 1 aliphatic heterocycles. The Balaban J connectivity index is 2.51. The molecule has 0 atom stereocenters. The number of hydrogen-bond acceptors (Lipinski definition) is 2. The molecule has 0 aliphatic carbocycles. The van der Waals surface area contributed by atoms with E-state index in [1.807, 2.05) is 6.07 Å². The normalized spacial score (nSPS) is 13.4. The molecule has 1 aromatic carbocycles. The fourth-order valence-electron chi connectivity index (χ4n) is 2.05. The van der Waals surface area contributed by atoms with Gasteiger partial charge >= 0.3 is 6.03 Å². The molecule has 17 heavy (non-hydrogen) atoms. The molecule has 0 spiro atoms. The smallest absolute Gasteiger partial charge is 0.316 e. The molecule has 5 nitrogen and oxygen atoms in total. The van der Waals surface area contributed by atoms with Gasteiger partial charge in [-0.1, -0.05) is 15.9 Å². The van der Waals surface area contributed by atoms with Gasteiger partial charge in [0.05, 0.1) is 11.4 Å². The molecule has 0 fully saturated rings. The molecule has 2 rings (SSSR count). The molecule has 1 aliphatic rings. The predicted octanol–water partition coefficient (Wildman–Crippen LogP) is 1.85. The summed E-state index contributed by atoms with van der Waals surface area (Å²) in [4.78, 5) is 24.1. The lowest BCUT2D eigenvalue weighted by Crippen LogP contribution is -2.28. The number of fused-ring (bicyclic) bond motifs is 1. The number of carbonyl (C=O) groups excluding carboxylic acids is 2. The van der Waals surface area contributed by atoms with Gasteiger partial charge in [-0.05, 0) is 24.1 Å². The molecule has 0 saturated carbocycles. The minimum absolute atomic E-state index is 0.0430. The first-order valence-electron chi connectivity index (χ1n) is 5.16. The summed E-state index contributed by atoms with van der Waals surface area (Å²) in [7, 11) is 0. The Morgan fingerprint density at radius 3 is 2.76 bits per heavy atom. The van der Waals surface area contributed by atoms with Gasteiger partial charge in [-0.3, -0.25) is 4.79 Å². The first-order valence-corrected chi connectivity index (χ1v) is 5.95. The van der Waals surface area contributed by atoms with Crippen LogP contribution in [0.3, 0.4) is 0 Å². The van der Waals surface area contributed by atoms with Gasteiger partial charge in [0.25, 0.3) is 0 Å². The molecule has 0 bridgehead atoms. The number of nitrogens with two attached hydrogens (primary N) is 1. The van der Waals surface area contributed by atoms with E-state index in [-0.39, 0.29) is 5.91 Å². The van der Waals surface area contributed by atoms with E-state index in [0.29, 0.717) is 12.2 Å². The summed E-state index contributed by atoms with van der Waals surface area (Å²) in [5.41, 5.74) is 7.46. The van der Waals surface area contributed by atoms with Crippen molar-refractivity contribution in [2.45, 2.75) is 13.3 Å². The van der Waals surface area contributed by atoms with Crippen LogP contribution in [0.25, 0.3) is 0 Å². The number of primary amides is 1. The number of halogens is 1. The summed E-state index contributed by atoms with van der Waals surface area (Å²) in [6.45, 7) is 2.14. The van der Waals surface area contributed by atoms with E-state index in [1.165, 1.54) is 6.92 Å². The molecule has 6 heteroatoms. The van der Waals surface area contributed by atoms with Crippen molar-refractivity contribution in [2.24, 2.45) is 5.73 Å². The minimum Gasteiger partial charge on any atom is -0.351 e. The van der Waals surface area contributed by atoms with E-state index in [2.05, 4.69) is 21.2 Å². The number of benzene rings is 1. The first kappa shape index (κ1) is 11.9. The number of nitrogens with zero attached hydrogens (tertiary/aromatic N) is 1. The van der Waals surface area contributed by atoms with Gasteiger partial charge in [0, 0.05) is 17.9 Å². The largest absolute Gasteiger partial charge is 0.351 e. The molecule has 3 amide bonds. The van der Waals surface area contributed by atoms with E-state index in [4.69, 9.17) is 5.73 Å². The fraction of sp³-hybridized carbons (Fsp3) is 0.273. The van der Waals surface area contributed by atoms with Crippen molar-refractivity contribution in [1.29, 1.82) is 0 Å². The summed E-state index contributed by atoms with van der Waals surface area (Å²) in [5.74, 6) is -0.0430. The Labute approximate surface area is 107 Å². The molecular formula is C11H12BrN3O2. The van der Waals surface area contributed by atoms with Gasteiger partial charge in [-0.2, -0.15) is 0 Å². The van der Waals surface area contributed by atoms with Crippen LogP contribution in [0.5, 0.6) is 0 Å². The van der Waals surface area contributed by atoms with Gasteiger partial charge in [-0.15, -0.1) is 0 Å². The van der Waals surface area contributed by atoms with E-state index in [1.54, 1.807) is 11.0 Å². The zero-order valence-electron chi connectivity index (χ0n) is 9.29. The Kier molecular flexibility index (Phi) is 3.06. The molecule has 1 heterocycles. The van der Waals surface area contributed by atoms with Crippen molar-refractivity contribution in [3.8, 4) is 0 Å². The number of carbonyl (C=O) groups is 2. The number of amides is 3. The second-order valence-corrected chi connectivity index (χ2v) is 4.79. The lowest BCUT2D eigenvalue weighted by Gasteiger charge is -2.18. The maximum Gasteiger partial charge on any atom is 0.316 e. The van der Waals surface area contributed by atoms with Crippen LogP contribution in [-0.4, -0.2) is 18.5 Å². The molecule has 90 valence electrons. The molecule has 1 aromatic rings. The second kappa shape index (κ2) is 4.37. The number of urea groups is 1. The monoisotopic (exact) mass is 297 g/mol. The summed E-state index contributed by atoms with van der Waals surface area (Å²) in [6, 6.07) is 3.05. The Morgan fingerprint density at radius 1 is 1.47 bits per heavy atom. The fourth-order valence-corrected chi connectivity index (χ4v) is 2.56. The van der Waals surface area contributed by atoms with Crippen molar-refractivity contribution in [1.82, 2.24) is 0 Å². The third-order valence-electron chi connectivity index (χ3n) is 2.67. The lowest BCUT2D eigenvalue weighted by molar-refractivity contribution is -0.116. The number of anilines is 2. The Hall–Kier alpha value is -1.56.